The van der Waals surface area contributed by atoms with Crippen LogP contribution in [-0.2, 0) is 11.2 Å². The van der Waals surface area contributed by atoms with Gasteiger partial charge in [-0.15, -0.1) is 0 Å². The van der Waals surface area contributed by atoms with Gasteiger partial charge in [-0.2, -0.15) is 0 Å². The molecule has 5 nitrogen and oxygen atoms in total. The molecule has 0 aliphatic rings. The van der Waals surface area contributed by atoms with E-state index in [1.807, 2.05) is 30.3 Å². The molecule has 0 unspecified atom stereocenters. The van der Waals surface area contributed by atoms with Gasteiger partial charge in [-0.05, 0) is 29.7 Å². The Bertz CT molecular complexity index is 1140. The molecule has 0 saturated heterocycles. The average Bonchev–Trinajstić information content (AvgIpc) is 2.77. The zero-order valence-electron chi connectivity index (χ0n) is 15.8. The van der Waals surface area contributed by atoms with Crippen LogP contribution in [0.2, 0.25) is 0 Å². The van der Waals surface area contributed by atoms with E-state index in [9.17, 15) is 9.90 Å². The highest BCUT2D eigenvalue weighted by Gasteiger charge is 2.11. The first-order chi connectivity index (χ1) is 14.1. The zero-order chi connectivity index (χ0) is 20.2. The summed E-state index contributed by atoms with van der Waals surface area (Å²) in [7, 11) is 0. The van der Waals surface area contributed by atoms with Crippen molar-refractivity contribution >= 4 is 6.29 Å². The molecular weight excluding hydrogens is 362 g/mol. The molecule has 29 heavy (non-hydrogen) atoms. The summed E-state index contributed by atoms with van der Waals surface area (Å²) < 4.78 is 0. The Kier molecular flexibility index (Phi) is 5.12. The number of nitrogens with zero attached hydrogens (tertiary/aromatic N) is 3. The number of hydrogen-bond donors (Lipinski definition) is 1. The Morgan fingerprint density at radius 3 is 2.21 bits per heavy atom. The van der Waals surface area contributed by atoms with E-state index < -0.39 is 0 Å². The molecule has 5 heteroatoms. The van der Waals surface area contributed by atoms with Crippen LogP contribution in [0.5, 0.6) is 5.75 Å². The summed E-state index contributed by atoms with van der Waals surface area (Å²) in [5.41, 5.74) is 5.40. The summed E-state index contributed by atoms with van der Waals surface area (Å²) in [4.78, 5) is 23.7. The van der Waals surface area contributed by atoms with Crippen molar-refractivity contribution < 1.29 is 9.90 Å². The normalized spacial score (nSPS) is 10.7. The first-order valence-electron chi connectivity index (χ1n) is 9.19. The molecule has 0 amide bonds. The molecule has 0 fully saturated rings. The molecule has 0 spiro atoms. The first-order valence-corrected chi connectivity index (χ1v) is 9.19. The molecule has 1 radical (unpaired) electrons. The van der Waals surface area contributed by atoms with Crippen LogP contribution >= 0.6 is 0 Å². The first kappa shape index (κ1) is 18.5. The van der Waals surface area contributed by atoms with Crippen LogP contribution in [0.4, 0.5) is 0 Å². The maximum absolute atomic E-state index is 10.9. The molecule has 0 saturated carbocycles. The maximum atomic E-state index is 10.9. The molecule has 2 heterocycles. The second-order valence-corrected chi connectivity index (χ2v) is 6.70. The highest BCUT2D eigenvalue weighted by molar-refractivity contribution is 5.77. The molecule has 2 aromatic carbocycles. The SMILES string of the molecule is Cc1nc(Cc2ccc(-c3ccc(-c4ccccc4)cc3)nc2)nc([C]=O)c1O. The van der Waals surface area contributed by atoms with Gasteiger partial charge in [0.25, 0.3) is 6.29 Å². The van der Waals surface area contributed by atoms with Gasteiger partial charge in [0.15, 0.2) is 11.4 Å². The van der Waals surface area contributed by atoms with Crippen molar-refractivity contribution in [1.82, 2.24) is 15.0 Å². The highest BCUT2D eigenvalue weighted by Crippen LogP contribution is 2.24. The number of carbonyl (C=O) groups excluding carboxylic acids is 1. The van der Waals surface area contributed by atoms with Crippen molar-refractivity contribution in [3.05, 3.63) is 95.7 Å². The Balaban J connectivity index is 1.52. The Labute approximate surface area is 168 Å². The van der Waals surface area contributed by atoms with E-state index in [0.717, 1.165) is 22.4 Å². The Hall–Kier alpha value is -3.86. The van der Waals surface area contributed by atoms with Gasteiger partial charge in [0.05, 0.1) is 11.4 Å². The third-order valence-corrected chi connectivity index (χ3v) is 4.68. The molecule has 0 aliphatic carbocycles. The number of benzene rings is 2. The largest absolute Gasteiger partial charge is 0.504 e. The van der Waals surface area contributed by atoms with Crippen LogP contribution < -0.4 is 0 Å². The van der Waals surface area contributed by atoms with Crippen LogP contribution in [-0.4, -0.2) is 26.3 Å². The average molecular weight is 380 g/mol. The molecule has 2 aromatic heterocycles. The van der Waals surface area contributed by atoms with Gasteiger partial charge in [-0.3, -0.25) is 9.78 Å². The third-order valence-electron chi connectivity index (χ3n) is 4.68. The third kappa shape index (κ3) is 4.04. The lowest BCUT2D eigenvalue weighted by molar-refractivity contribution is 0.459. The van der Waals surface area contributed by atoms with Gasteiger partial charge in [-0.25, -0.2) is 9.97 Å². The summed E-state index contributed by atoms with van der Waals surface area (Å²) in [5, 5.41) is 9.74. The van der Waals surface area contributed by atoms with Crippen molar-refractivity contribution in [2.24, 2.45) is 0 Å². The molecule has 0 bridgehead atoms. The minimum absolute atomic E-state index is 0.115. The van der Waals surface area contributed by atoms with Gasteiger partial charge < -0.3 is 5.11 Å². The van der Waals surface area contributed by atoms with Crippen molar-refractivity contribution in [2.45, 2.75) is 13.3 Å². The molecule has 0 aliphatic heterocycles. The Morgan fingerprint density at radius 1 is 0.862 bits per heavy atom. The fourth-order valence-electron chi connectivity index (χ4n) is 3.12. The van der Waals surface area contributed by atoms with E-state index in [2.05, 4.69) is 51.4 Å². The highest BCUT2D eigenvalue weighted by atomic mass is 16.3. The van der Waals surface area contributed by atoms with Crippen molar-refractivity contribution in [3.8, 4) is 28.1 Å². The quantitative estimate of drug-likeness (QED) is 0.560. The molecule has 141 valence electrons. The number of pyridine rings is 1. The zero-order valence-corrected chi connectivity index (χ0v) is 15.8. The van der Waals surface area contributed by atoms with E-state index >= 15 is 0 Å². The standard InChI is InChI=1S/C24H18N3O2/c1-16-24(29)22(15-28)27-23(26-16)13-17-7-12-21(25-14-17)20-10-8-19(9-11-20)18-5-3-2-4-6-18/h2-12,14,29H,13H2,1H3. The number of aryl methyl sites for hydroxylation is 1. The van der Waals surface area contributed by atoms with Gasteiger partial charge in [0, 0.05) is 18.2 Å². The second-order valence-electron chi connectivity index (χ2n) is 6.70. The summed E-state index contributed by atoms with van der Waals surface area (Å²) in [5.74, 6) is 0.219. The molecule has 4 rings (SSSR count). The number of aromatic nitrogens is 3. The molecule has 0 atom stereocenters. The summed E-state index contributed by atoms with van der Waals surface area (Å²) in [6.07, 6.45) is 3.83. The fourth-order valence-corrected chi connectivity index (χ4v) is 3.12. The van der Waals surface area contributed by atoms with Crippen molar-refractivity contribution in [1.29, 1.82) is 0 Å². The summed E-state index contributed by atoms with van der Waals surface area (Å²) in [6, 6.07) is 22.4. The molecule has 4 aromatic rings. The van der Waals surface area contributed by atoms with Crippen LogP contribution in [0.1, 0.15) is 22.8 Å². The molecule has 1 N–H and O–H groups in total. The van der Waals surface area contributed by atoms with E-state index in [0.29, 0.717) is 17.9 Å². The van der Waals surface area contributed by atoms with Gasteiger partial charge in [0.1, 0.15) is 5.82 Å². The lowest BCUT2D eigenvalue weighted by atomic mass is 10.0. The van der Waals surface area contributed by atoms with E-state index in [-0.39, 0.29) is 11.4 Å². The lowest BCUT2D eigenvalue weighted by Gasteiger charge is -2.07. The predicted octanol–water partition coefficient (Wildman–Crippen LogP) is 4.27. The topological polar surface area (TPSA) is 76.0 Å². The number of rotatable bonds is 5. The lowest BCUT2D eigenvalue weighted by Crippen LogP contribution is -2.03. The van der Waals surface area contributed by atoms with E-state index in [1.165, 1.54) is 5.56 Å². The fraction of sp³-hybridized carbons (Fsp3) is 0.0833. The van der Waals surface area contributed by atoms with Crippen molar-refractivity contribution in [2.75, 3.05) is 0 Å². The van der Waals surface area contributed by atoms with Gasteiger partial charge >= 0.3 is 0 Å². The van der Waals surface area contributed by atoms with E-state index in [1.54, 1.807) is 19.4 Å². The van der Waals surface area contributed by atoms with E-state index in [4.69, 9.17) is 0 Å². The van der Waals surface area contributed by atoms with Crippen LogP contribution in [0, 0.1) is 6.92 Å². The summed E-state index contributed by atoms with van der Waals surface area (Å²) >= 11 is 0. The number of hydrogen-bond acceptors (Lipinski definition) is 5. The van der Waals surface area contributed by atoms with Crippen LogP contribution in [0.25, 0.3) is 22.4 Å². The summed E-state index contributed by atoms with van der Waals surface area (Å²) in [6.45, 7) is 1.63. The minimum atomic E-state index is -0.226. The minimum Gasteiger partial charge on any atom is -0.504 e. The monoisotopic (exact) mass is 380 g/mol. The van der Waals surface area contributed by atoms with Crippen LogP contribution in [0.3, 0.4) is 0 Å². The molecular formula is C24H18N3O2. The van der Waals surface area contributed by atoms with Crippen molar-refractivity contribution in [3.63, 3.8) is 0 Å². The smallest absolute Gasteiger partial charge is 0.257 e. The van der Waals surface area contributed by atoms with Gasteiger partial charge in [0.2, 0.25) is 0 Å². The number of aromatic hydroxyl groups is 1. The van der Waals surface area contributed by atoms with Crippen LogP contribution in [0.15, 0.2) is 72.9 Å². The van der Waals surface area contributed by atoms with Gasteiger partial charge in [-0.1, -0.05) is 60.7 Å². The Morgan fingerprint density at radius 2 is 1.55 bits per heavy atom. The second kappa shape index (κ2) is 8.02. The maximum Gasteiger partial charge on any atom is 0.257 e. The predicted molar refractivity (Wildman–Crippen MR) is 111 cm³/mol.